The average Bonchev–Trinajstić information content (AvgIpc) is 2.41. The van der Waals surface area contributed by atoms with E-state index in [0.29, 0.717) is 15.7 Å². The second-order valence-electron chi connectivity index (χ2n) is 5.87. The number of amides is 1. The number of benzene rings is 2. The molecule has 2 rings (SSSR count). The molecule has 2 nitrogen and oxygen atoms in total. The minimum Gasteiger partial charge on any atom is -0.321 e. The highest BCUT2D eigenvalue weighted by atomic mass is 79.9. The first-order valence-electron chi connectivity index (χ1n) is 6.65. The highest BCUT2D eigenvalue weighted by Crippen LogP contribution is 2.28. The lowest BCUT2D eigenvalue weighted by Crippen LogP contribution is -2.21. The summed E-state index contributed by atoms with van der Waals surface area (Å²) in [7, 11) is 0. The van der Waals surface area contributed by atoms with Crippen LogP contribution in [0.3, 0.4) is 0 Å². The fourth-order valence-electron chi connectivity index (χ4n) is 2.12. The Bertz CT molecular complexity index is 677. The van der Waals surface area contributed by atoms with Crippen molar-refractivity contribution in [3.63, 3.8) is 0 Å². The van der Waals surface area contributed by atoms with E-state index in [0.717, 1.165) is 5.56 Å². The predicted octanol–water partition coefficient (Wildman–Crippen LogP) is 5.14. The second-order valence-corrected chi connectivity index (χ2v) is 6.73. The normalized spacial score (nSPS) is 11.3. The minimum absolute atomic E-state index is 0.131. The van der Waals surface area contributed by atoms with Crippen LogP contribution in [0.15, 0.2) is 46.9 Å². The molecule has 0 aliphatic carbocycles. The molecule has 1 N–H and O–H groups in total. The van der Waals surface area contributed by atoms with Crippen LogP contribution in [0.2, 0.25) is 0 Å². The van der Waals surface area contributed by atoms with Crippen LogP contribution in [0, 0.1) is 5.82 Å². The van der Waals surface area contributed by atoms with E-state index in [1.807, 2.05) is 18.2 Å². The monoisotopic (exact) mass is 349 g/mol. The van der Waals surface area contributed by atoms with Gasteiger partial charge in [-0.1, -0.05) is 39.0 Å². The van der Waals surface area contributed by atoms with Crippen molar-refractivity contribution in [2.24, 2.45) is 0 Å². The summed E-state index contributed by atoms with van der Waals surface area (Å²) < 4.78 is 13.6. The molecule has 110 valence electrons. The predicted molar refractivity (Wildman–Crippen MR) is 87.2 cm³/mol. The van der Waals surface area contributed by atoms with Gasteiger partial charge in [0.15, 0.2) is 0 Å². The summed E-state index contributed by atoms with van der Waals surface area (Å²) in [6.45, 7) is 6.19. The van der Waals surface area contributed by atoms with Gasteiger partial charge in [0.05, 0.1) is 5.69 Å². The van der Waals surface area contributed by atoms with E-state index < -0.39 is 0 Å². The number of rotatable bonds is 2. The van der Waals surface area contributed by atoms with Gasteiger partial charge in [0.2, 0.25) is 0 Å². The van der Waals surface area contributed by atoms with Crippen molar-refractivity contribution in [2.75, 3.05) is 5.32 Å². The zero-order valence-corrected chi connectivity index (χ0v) is 13.8. The summed E-state index contributed by atoms with van der Waals surface area (Å²) in [4.78, 5) is 12.5. The van der Waals surface area contributed by atoms with Gasteiger partial charge in [-0.3, -0.25) is 4.79 Å². The van der Waals surface area contributed by atoms with Crippen molar-refractivity contribution in [1.29, 1.82) is 0 Å². The van der Waals surface area contributed by atoms with Gasteiger partial charge in [-0.15, -0.1) is 0 Å². The van der Waals surface area contributed by atoms with Crippen molar-refractivity contribution in [3.8, 4) is 0 Å². The molecule has 4 heteroatoms. The Labute approximate surface area is 132 Å². The SMILES string of the molecule is CC(C)(C)c1ccccc1C(=O)Nc1ccc(F)cc1Br. The summed E-state index contributed by atoms with van der Waals surface area (Å²) in [5.41, 5.74) is 2.01. The summed E-state index contributed by atoms with van der Waals surface area (Å²) in [6.07, 6.45) is 0. The van der Waals surface area contributed by atoms with Crippen molar-refractivity contribution < 1.29 is 9.18 Å². The van der Waals surface area contributed by atoms with Gasteiger partial charge in [-0.2, -0.15) is 0 Å². The molecule has 0 spiro atoms. The molecule has 0 aliphatic rings. The first-order valence-corrected chi connectivity index (χ1v) is 7.44. The lowest BCUT2D eigenvalue weighted by Gasteiger charge is -2.22. The number of hydrogen-bond acceptors (Lipinski definition) is 1. The van der Waals surface area contributed by atoms with E-state index in [9.17, 15) is 9.18 Å². The fourth-order valence-corrected chi connectivity index (χ4v) is 2.57. The molecule has 1 amide bonds. The lowest BCUT2D eigenvalue weighted by atomic mass is 9.83. The molecule has 2 aromatic carbocycles. The van der Waals surface area contributed by atoms with E-state index in [1.54, 1.807) is 6.07 Å². The Balaban J connectivity index is 2.33. The summed E-state index contributed by atoms with van der Waals surface area (Å²) in [5, 5.41) is 2.81. The average molecular weight is 350 g/mol. The molecule has 0 saturated carbocycles. The smallest absolute Gasteiger partial charge is 0.255 e. The Hall–Kier alpha value is -1.68. The van der Waals surface area contributed by atoms with E-state index in [-0.39, 0.29) is 17.1 Å². The molecule has 2 aromatic rings. The summed E-state index contributed by atoms with van der Waals surface area (Å²) in [5.74, 6) is -0.553. The molecule has 0 saturated heterocycles. The number of nitrogens with one attached hydrogen (secondary N) is 1. The van der Waals surface area contributed by atoms with Gasteiger partial charge in [0, 0.05) is 10.0 Å². The molecule has 0 aliphatic heterocycles. The number of halogens is 2. The molecule has 0 radical (unpaired) electrons. The number of carbonyl (C=O) groups is 1. The van der Waals surface area contributed by atoms with Crippen LogP contribution < -0.4 is 5.32 Å². The van der Waals surface area contributed by atoms with Gasteiger partial charge in [-0.25, -0.2) is 4.39 Å². The highest BCUT2D eigenvalue weighted by molar-refractivity contribution is 9.10. The minimum atomic E-state index is -0.352. The first kappa shape index (κ1) is 15.7. The standard InChI is InChI=1S/C17H17BrFNO/c1-17(2,3)13-7-5-4-6-12(13)16(21)20-15-9-8-11(19)10-14(15)18/h4-10H,1-3H3,(H,20,21). The second kappa shape index (κ2) is 5.98. The maximum absolute atomic E-state index is 13.1. The topological polar surface area (TPSA) is 29.1 Å². The summed E-state index contributed by atoms with van der Waals surface area (Å²) >= 11 is 3.25. The Morgan fingerprint density at radius 2 is 1.81 bits per heavy atom. The third-order valence-electron chi connectivity index (χ3n) is 3.16. The quantitative estimate of drug-likeness (QED) is 0.799. The van der Waals surface area contributed by atoms with Crippen molar-refractivity contribution in [2.45, 2.75) is 26.2 Å². The number of carbonyl (C=O) groups excluding carboxylic acids is 1. The third kappa shape index (κ3) is 3.70. The van der Waals surface area contributed by atoms with Crippen LogP contribution >= 0.6 is 15.9 Å². The van der Waals surface area contributed by atoms with Gasteiger partial charge >= 0.3 is 0 Å². The van der Waals surface area contributed by atoms with E-state index >= 15 is 0 Å². The van der Waals surface area contributed by atoms with Crippen molar-refractivity contribution in [1.82, 2.24) is 0 Å². The summed E-state index contributed by atoms with van der Waals surface area (Å²) in [6, 6.07) is 11.7. The molecule has 0 aromatic heterocycles. The van der Waals surface area contributed by atoms with Crippen LogP contribution in [0.5, 0.6) is 0 Å². The lowest BCUT2D eigenvalue weighted by molar-refractivity contribution is 0.102. The molecule has 21 heavy (non-hydrogen) atoms. The van der Waals surface area contributed by atoms with Gasteiger partial charge < -0.3 is 5.32 Å². The fraction of sp³-hybridized carbons (Fsp3) is 0.235. The van der Waals surface area contributed by atoms with Gasteiger partial charge in [-0.05, 0) is 51.2 Å². The maximum Gasteiger partial charge on any atom is 0.255 e. The Morgan fingerprint density at radius 1 is 1.14 bits per heavy atom. The Morgan fingerprint density at radius 3 is 2.43 bits per heavy atom. The van der Waals surface area contributed by atoms with Crippen LogP contribution in [0.25, 0.3) is 0 Å². The van der Waals surface area contributed by atoms with Crippen LogP contribution in [0.1, 0.15) is 36.7 Å². The van der Waals surface area contributed by atoms with E-state index in [1.165, 1.54) is 18.2 Å². The molecule has 0 heterocycles. The molecule has 0 atom stereocenters. The van der Waals surface area contributed by atoms with Crippen molar-refractivity contribution in [3.05, 3.63) is 63.9 Å². The van der Waals surface area contributed by atoms with Gasteiger partial charge in [0.1, 0.15) is 5.82 Å². The molecular formula is C17H17BrFNO. The van der Waals surface area contributed by atoms with Crippen LogP contribution in [-0.2, 0) is 5.41 Å². The maximum atomic E-state index is 13.1. The zero-order valence-electron chi connectivity index (χ0n) is 12.2. The molecular weight excluding hydrogens is 333 g/mol. The van der Waals surface area contributed by atoms with Crippen molar-refractivity contribution >= 4 is 27.5 Å². The van der Waals surface area contributed by atoms with Crippen LogP contribution in [-0.4, -0.2) is 5.91 Å². The van der Waals surface area contributed by atoms with Crippen LogP contribution in [0.4, 0.5) is 10.1 Å². The van der Waals surface area contributed by atoms with E-state index in [4.69, 9.17) is 0 Å². The molecule has 0 bridgehead atoms. The zero-order chi connectivity index (χ0) is 15.6. The molecule has 0 fully saturated rings. The number of hydrogen-bond donors (Lipinski definition) is 1. The number of anilines is 1. The highest BCUT2D eigenvalue weighted by Gasteiger charge is 2.21. The largest absolute Gasteiger partial charge is 0.321 e. The Kier molecular flexibility index (Phi) is 4.47. The van der Waals surface area contributed by atoms with Gasteiger partial charge in [0.25, 0.3) is 5.91 Å². The van der Waals surface area contributed by atoms with E-state index in [2.05, 4.69) is 42.0 Å². The third-order valence-corrected chi connectivity index (χ3v) is 3.82. The molecule has 0 unspecified atom stereocenters. The first-order chi connectivity index (χ1) is 9.79.